The zero-order chi connectivity index (χ0) is 9.38. The maximum absolute atomic E-state index is 4.24. The molecule has 14 heavy (non-hydrogen) atoms. The summed E-state index contributed by atoms with van der Waals surface area (Å²) in [5.74, 6) is 0. The topological polar surface area (TPSA) is 18.8 Å². The van der Waals surface area contributed by atoms with E-state index in [1.54, 1.807) is 0 Å². The summed E-state index contributed by atoms with van der Waals surface area (Å²) in [6, 6.07) is 8.61. The standard InChI is InChI=1S/C11H13N3/c1-2-4-11-10(3-1)5-7-14(11)13-8-6-12-9-13/h1-4,9H,5-8H2. The monoisotopic (exact) mass is 187 g/mol. The number of rotatable bonds is 1. The fourth-order valence-electron chi connectivity index (χ4n) is 2.14. The van der Waals surface area contributed by atoms with Crippen molar-refractivity contribution in [1.82, 2.24) is 5.01 Å². The van der Waals surface area contributed by atoms with Crippen molar-refractivity contribution >= 4 is 12.0 Å². The minimum absolute atomic E-state index is 0.929. The second kappa shape index (κ2) is 3.01. The molecule has 0 unspecified atom stereocenters. The van der Waals surface area contributed by atoms with Crippen molar-refractivity contribution in [3.63, 3.8) is 0 Å². The summed E-state index contributed by atoms with van der Waals surface area (Å²) >= 11 is 0. The third-order valence-electron chi connectivity index (χ3n) is 2.85. The van der Waals surface area contributed by atoms with Crippen molar-refractivity contribution in [2.24, 2.45) is 4.99 Å². The van der Waals surface area contributed by atoms with Gasteiger partial charge in [-0.2, -0.15) is 0 Å². The van der Waals surface area contributed by atoms with Crippen molar-refractivity contribution in [1.29, 1.82) is 0 Å². The molecule has 1 aromatic rings. The minimum Gasteiger partial charge on any atom is -0.284 e. The van der Waals surface area contributed by atoms with Crippen LogP contribution in [-0.4, -0.2) is 31.0 Å². The van der Waals surface area contributed by atoms with Gasteiger partial charge in [0.15, 0.2) is 0 Å². The van der Waals surface area contributed by atoms with E-state index in [-0.39, 0.29) is 0 Å². The lowest BCUT2D eigenvalue weighted by molar-refractivity contribution is 0.437. The number of hydrogen-bond donors (Lipinski definition) is 0. The molecule has 2 heterocycles. The van der Waals surface area contributed by atoms with Crippen molar-refractivity contribution in [2.75, 3.05) is 24.6 Å². The van der Waals surface area contributed by atoms with Gasteiger partial charge in [-0.1, -0.05) is 18.2 Å². The van der Waals surface area contributed by atoms with E-state index in [1.165, 1.54) is 11.3 Å². The summed E-state index contributed by atoms with van der Waals surface area (Å²) in [6.07, 6.45) is 3.10. The Bertz CT molecular complexity index is 373. The predicted molar refractivity (Wildman–Crippen MR) is 57.6 cm³/mol. The van der Waals surface area contributed by atoms with Gasteiger partial charge in [-0.05, 0) is 18.1 Å². The molecule has 3 rings (SSSR count). The number of anilines is 1. The number of aliphatic imine (C=N–C) groups is 1. The van der Waals surface area contributed by atoms with Gasteiger partial charge in [0.2, 0.25) is 0 Å². The van der Waals surface area contributed by atoms with E-state index >= 15 is 0 Å². The maximum Gasteiger partial charge on any atom is 0.104 e. The lowest BCUT2D eigenvalue weighted by atomic mass is 10.2. The molecule has 0 spiro atoms. The molecule has 0 N–H and O–H groups in total. The van der Waals surface area contributed by atoms with Crippen LogP contribution >= 0.6 is 0 Å². The first kappa shape index (κ1) is 7.85. The predicted octanol–water partition coefficient (Wildman–Crippen LogP) is 1.31. The Balaban J connectivity index is 1.93. The summed E-state index contributed by atoms with van der Waals surface area (Å²) in [6.45, 7) is 3.04. The number of para-hydroxylation sites is 1. The second-order valence-corrected chi connectivity index (χ2v) is 3.69. The summed E-state index contributed by atoms with van der Waals surface area (Å²) < 4.78 is 0. The first-order valence-electron chi connectivity index (χ1n) is 5.07. The normalized spacial score (nSPS) is 19.1. The highest BCUT2D eigenvalue weighted by atomic mass is 15.6. The van der Waals surface area contributed by atoms with Crippen molar-refractivity contribution in [2.45, 2.75) is 6.42 Å². The number of benzene rings is 1. The number of nitrogens with zero attached hydrogens (tertiary/aromatic N) is 3. The van der Waals surface area contributed by atoms with E-state index in [9.17, 15) is 0 Å². The van der Waals surface area contributed by atoms with Crippen molar-refractivity contribution in [3.8, 4) is 0 Å². The first-order valence-corrected chi connectivity index (χ1v) is 5.07. The molecular weight excluding hydrogens is 174 g/mol. The van der Waals surface area contributed by atoms with Gasteiger partial charge in [-0.25, -0.2) is 0 Å². The van der Waals surface area contributed by atoms with Crippen LogP contribution in [0.25, 0.3) is 0 Å². The third-order valence-corrected chi connectivity index (χ3v) is 2.85. The van der Waals surface area contributed by atoms with E-state index in [1.807, 2.05) is 6.34 Å². The van der Waals surface area contributed by atoms with Crippen molar-refractivity contribution < 1.29 is 0 Å². The van der Waals surface area contributed by atoms with E-state index < -0.39 is 0 Å². The van der Waals surface area contributed by atoms with Gasteiger partial charge in [0, 0.05) is 6.54 Å². The highest BCUT2D eigenvalue weighted by Crippen LogP contribution is 2.28. The van der Waals surface area contributed by atoms with Crippen LogP contribution in [0.15, 0.2) is 29.3 Å². The van der Waals surface area contributed by atoms with Crippen LogP contribution in [0.5, 0.6) is 0 Å². The summed E-state index contributed by atoms with van der Waals surface area (Å²) in [5, 5.41) is 4.54. The molecule has 0 radical (unpaired) electrons. The van der Waals surface area contributed by atoms with Crippen LogP contribution in [0, 0.1) is 0 Å². The lowest BCUT2D eigenvalue weighted by Crippen LogP contribution is -2.39. The largest absolute Gasteiger partial charge is 0.284 e. The molecule has 2 aliphatic rings. The molecule has 2 aliphatic heterocycles. The van der Waals surface area contributed by atoms with Gasteiger partial charge >= 0.3 is 0 Å². The number of hydrazine groups is 1. The van der Waals surface area contributed by atoms with Crippen LogP contribution < -0.4 is 5.01 Å². The summed E-state index contributed by atoms with van der Waals surface area (Å²) in [4.78, 5) is 4.24. The number of fused-ring (bicyclic) bond motifs is 1. The Morgan fingerprint density at radius 1 is 1.14 bits per heavy atom. The molecule has 0 aromatic heterocycles. The Morgan fingerprint density at radius 2 is 2.07 bits per heavy atom. The van der Waals surface area contributed by atoms with E-state index in [0.29, 0.717) is 0 Å². The molecule has 0 amide bonds. The first-order chi connectivity index (χ1) is 6.95. The Morgan fingerprint density at radius 3 is 2.93 bits per heavy atom. The average molecular weight is 187 g/mol. The maximum atomic E-state index is 4.24. The molecule has 0 fully saturated rings. The van der Waals surface area contributed by atoms with Crippen molar-refractivity contribution in [3.05, 3.63) is 29.8 Å². The smallest absolute Gasteiger partial charge is 0.104 e. The zero-order valence-electron chi connectivity index (χ0n) is 8.06. The molecule has 1 aromatic carbocycles. The molecule has 0 bridgehead atoms. The van der Waals surface area contributed by atoms with E-state index in [4.69, 9.17) is 0 Å². The Labute approximate surface area is 83.6 Å². The van der Waals surface area contributed by atoms with Gasteiger partial charge in [-0.3, -0.25) is 15.0 Å². The molecule has 3 heteroatoms. The Kier molecular flexibility index (Phi) is 1.69. The quantitative estimate of drug-likeness (QED) is 0.660. The van der Waals surface area contributed by atoms with Crippen LogP contribution in [0.4, 0.5) is 5.69 Å². The molecule has 72 valence electrons. The SMILES string of the molecule is C1=NCCN1N1CCc2ccccc21. The summed E-state index contributed by atoms with van der Waals surface area (Å²) in [7, 11) is 0. The lowest BCUT2D eigenvalue weighted by Gasteiger charge is -2.28. The molecule has 0 saturated heterocycles. The molecule has 0 atom stereocenters. The van der Waals surface area contributed by atoms with Gasteiger partial charge in [0.1, 0.15) is 6.34 Å². The Hall–Kier alpha value is -1.51. The van der Waals surface area contributed by atoms with E-state index in [2.05, 4.69) is 39.3 Å². The molecular formula is C11H13N3. The molecule has 3 nitrogen and oxygen atoms in total. The van der Waals surface area contributed by atoms with Gasteiger partial charge in [-0.15, -0.1) is 0 Å². The minimum atomic E-state index is 0.929. The fraction of sp³-hybridized carbons (Fsp3) is 0.364. The van der Waals surface area contributed by atoms with Gasteiger partial charge < -0.3 is 0 Å². The highest BCUT2D eigenvalue weighted by Gasteiger charge is 2.23. The molecule has 0 aliphatic carbocycles. The van der Waals surface area contributed by atoms with Gasteiger partial charge in [0.25, 0.3) is 0 Å². The van der Waals surface area contributed by atoms with Crippen LogP contribution in [0.3, 0.4) is 0 Å². The molecule has 0 saturated carbocycles. The highest BCUT2D eigenvalue weighted by molar-refractivity contribution is 5.65. The van der Waals surface area contributed by atoms with Crippen LogP contribution in [0.2, 0.25) is 0 Å². The van der Waals surface area contributed by atoms with Crippen LogP contribution in [-0.2, 0) is 6.42 Å². The van der Waals surface area contributed by atoms with Gasteiger partial charge in [0.05, 0.1) is 18.8 Å². The third kappa shape index (κ3) is 1.09. The van der Waals surface area contributed by atoms with Crippen LogP contribution in [0.1, 0.15) is 5.56 Å². The second-order valence-electron chi connectivity index (χ2n) is 3.69. The fourth-order valence-corrected chi connectivity index (χ4v) is 2.14. The zero-order valence-corrected chi connectivity index (χ0v) is 8.06. The average Bonchev–Trinajstić information content (AvgIpc) is 2.85. The summed E-state index contributed by atoms with van der Waals surface area (Å²) in [5.41, 5.74) is 2.80. The van der Waals surface area contributed by atoms with E-state index in [0.717, 1.165) is 26.1 Å². The number of hydrogen-bond acceptors (Lipinski definition) is 3.